The van der Waals surface area contributed by atoms with Gasteiger partial charge < -0.3 is 10.6 Å². The maximum Gasteiger partial charge on any atom is 0.292 e. The summed E-state index contributed by atoms with van der Waals surface area (Å²) in [7, 11) is 1.73. The van der Waals surface area contributed by atoms with Crippen LogP contribution in [0.5, 0.6) is 0 Å². The number of carbonyl (C=O) groups excluding carboxylic acids is 1. The molecule has 0 spiro atoms. The van der Waals surface area contributed by atoms with Crippen molar-refractivity contribution in [1.29, 1.82) is 0 Å². The number of nitrogens with zero attached hydrogens (tertiary/aromatic N) is 1. The predicted octanol–water partition coefficient (Wildman–Crippen LogP) is 1.14. The topological polar surface area (TPSA) is 84.3 Å². The summed E-state index contributed by atoms with van der Waals surface area (Å²) in [5, 5.41) is 16.0. The van der Waals surface area contributed by atoms with Gasteiger partial charge in [-0.2, -0.15) is 0 Å². The Balaban J connectivity index is 2.73. The lowest BCUT2D eigenvalue weighted by atomic mass is 10.2. The minimum Gasteiger partial charge on any atom is -0.320 e. The predicted molar refractivity (Wildman–Crippen MR) is 60.3 cm³/mol. The number of benzene rings is 1. The lowest BCUT2D eigenvalue weighted by molar-refractivity contribution is -0.383. The van der Waals surface area contributed by atoms with Crippen molar-refractivity contribution < 1.29 is 9.72 Å². The van der Waals surface area contributed by atoms with E-state index in [1.807, 2.05) is 0 Å². The minimum atomic E-state index is -0.520. The van der Waals surface area contributed by atoms with Crippen LogP contribution in [0.2, 0.25) is 0 Å². The first-order chi connectivity index (χ1) is 7.65. The Morgan fingerprint density at radius 2 is 2.12 bits per heavy atom. The fourth-order valence-electron chi connectivity index (χ4n) is 1.19. The van der Waals surface area contributed by atoms with Crippen molar-refractivity contribution in [3.63, 3.8) is 0 Å². The number of para-hydroxylation sites is 2. The maximum atomic E-state index is 11.4. The number of carbonyl (C=O) groups is 1. The Bertz CT molecular complexity index is 393. The van der Waals surface area contributed by atoms with Crippen molar-refractivity contribution in [2.45, 2.75) is 6.42 Å². The molecule has 0 heterocycles. The van der Waals surface area contributed by atoms with Crippen molar-refractivity contribution >= 4 is 17.3 Å². The third-order valence-electron chi connectivity index (χ3n) is 1.98. The first kappa shape index (κ1) is 12.1. The zero-order valence-electron chi connectivity index (χ0n) is 8.90. The number of rotatable bonds is 5. The van der Waals surface area contributed by atoms with Gasteiger partial charge in [0.25, 0.3) is 5.69 Å². The molecule has 6 nitrogen and oxygen atoms in total. The largest absolute Gasteiger partial charge is 0.320 e. The normalized spacial score (nSPS) is 9.81. The number of nitro benzene ring substituents is 1. The van der Waals surface area contributed by atoms with Crippen molar-refractivity contribution in [1.82, 2.24) is 5.32 Å². The van der Waals surface area contributed by atoms with Gasteiger partial charge in [0.1, 0.15) is 5.69 Å². The van der Waals surface area contributed by atoms with Crippen molar-refractivity contribution in [3.8, 4) is 0 Å². The first-order valence-corrected chi connectivity index (χ1v) is 4.83. The van der Waals surface area contributed by atoms with E-state index in [9.17, 15) is 14.9 Å². The van der Waals surface area contributed by atoms with Crippen molar-refractivity contribution in [2.75, 3.05) is 18.9 Å². The van der Waals surface area contributed by atoms with Crippen LogP contribution in [0, 0.1) is 10.1 Å². The lowest BCUT2D eigenvalue weighted by Gasteiger charge is -2.05. The molecule has 0 aromatic heterocycles. The van der Waals surface area contributed by atoms with Crippen LogP contribution in [-0.2, 0) is 4.79 Å². The summed E-state index contributed by atoms with van der Waals surface area (Å²) in [6.45, 7) is 0.534. The van der Waals surface area contributed by atoms with E-state index in [2.05, 4.69) is 10.6 Å². The zero-order chi connectivity index (χ0) is 12.0. The van der Waals surface area contributed by atoms with Crippen LogP contribution in [0.1, 0.15) is 6.42 Å². The smallest absolute Gasteiger partial charge is 0.292 e. The fourth-order valence-corrected chi connectivity index (χ4v) is 1.19. The second-order valence-electron chi connectivity index (χ2n) is 3.18. The van der Waals surface area contributed by atoms with E-state index in [0.717, 1.165) is 0 Å². The van der Waals surface area contributed by atoms with Gasteiger partial charge in [-0.1, -0.05) is 12.1 Å². The average Bonchev–Trinajstić information content (AvgIpc) is 2.27. The Morgan fingerprint density at radius 1 is 1.44 bits per heavy atom. The van der Waals surface area contributed by atoms with Crippen LogP contribution in [0.3, 0.4) is 0 Å². The molecule has 0 aliphatic carbocycles. The highest BCUT2D eigenvalue weighted by Gasteiger charge is 2.13. The quantitative estimate of drug-likeness (QED) is 0.579. The molecule has 6 heteroatoms. The standard InChI is InChI=1S/C10H13N3O3/c1-11-7-6-10(14)12-8-4-2-3-5-9(8)13(15)16/h2-5,11H,6-7H2,1H3,(H,12,14). The van der Waals surface area contributed by atoms with Gasteiger partial charge >= 0.3 is 0 Å². The molecule has 0 aliphatic rings. The lowest BCUT2D eigenvalue weighted by Crippen LogP contribution is -2.19. The fraction of sp³-hybridized carbons (Fsp3) is 0.300. The Morgan fingerprint density at radius 3 is 2.75 bits per heavy atom. The summed E-state index contributed by atoms with van der Waals surface area (Å²) in [4.78, 5) is 21.5. The summed E-state index contributed by atoms with van der Waals surface area (Å²) in [5.41, 5.74) is 0.133. The molecule has 0 aliphatic heterocycles. The van der Waals surface area contributed by atoms with E-state index in [1.165, 1.54) is 12.1 Å². The summed E-state index contributed by atoms with van der Waals surface area (Å²) in [5.74, 6) is -0.247. The molecule has 16 heavy (non-hydrogen) atoms. The number of anilines is 1. The van der Waals surface area contributed by atoms with Crippen molar-refractivity contribution in [3.05, 3.63) is 34.4 Å². The highest BCUT2D eigenvalue weighted by Crippen LogP contribution is 2.22. The number of nitrogens with one attached hydrogen (secondary N) is 2. The molecule has 1 aromatic rings. The first-order valence-electron chi connectivity index (χ1n) is 4.83. The van der Waals surface area contributed by atoms with Gasteiger partial charge in [-0.3, -0.25) is 14.9 Å². The second kappa shape index (κ2) is 5.82. The van der Waals surface area contributed by atoms with Crippen LogP contribution < -0.4 is 10.6 Å². The molecule has 2 N–H and O–H groups in total. The van der Waals surface area contributed by atoms with Gasteiger partial charge in [0, 0.05) is 19.0 Å². The molecule has 0 saturated heterocycles. The Kier molecular flexibility index (Phi) is 4.41. The van der Waals surface area contributed by atoms with Gasteiger partial charge in [0.15, 0.2) is 0 Å². The maximum absolute atomic E-state index is 11.4. The van der Waals surface area contributed by atoms with E-state index < -0.39 is 4.92 Å². The van der Waals surface area contributed by atoms with Gasteiger partial charge in [-0.25, -0.2) is 0 Å². The molecule has 1 amide bonds. The molecule has 86 valence electrons. The number of hydrogen-bond acceptors (Lipinski definition) is 4. The van der Waals surface area contributed by atoms with Crippen LogP contribution in [-0.4, -0.2) is 24.4 Å². The van der Waals surface area contributed by atoms with Crippen LogP contribution >= 0.6 is 0 Å². The molecular weight excluding hydrogens is 210 g/mol. The van der Waals surface area contributed by atoms with Crippen LogP contribution in [0.4, 0.5) is 11.4 Å². The molecule has 1 rings (SSSR count). The van der Waals surface area contributed by atoms with Gasteiger partial charge in [-0.15, -0.1) is 0 Å². The monoisotopic (exact) mass is 223 g/mol. The Labute approximate surface area is 92.8 Å². The highest BCUT2D eigenvalue weighted by atomic mass is 16.6. The molecule has 0 bridgehead atoms. The molecule has 0 saturated carbocycles. The molecule has 1 aromatic carbocycles. The van der Waals surface area contributed by atoms with Crippen LogP contribution in [0.25, 0.3) is 0 Å². The Hall–Kier alpha value is -1.95. The third kappa shape index (κ3) is 3.32. The second-order valence-corrected chi connectivity index (χ2v) is 3.18. The van der Waals surface area contributed by atoms with Gasteiger partial charge in [0.2, 0.25) is 5.91 Å². The number of nitro groups is 1. The summed E-state index contributed by atoms with van der Waals surface area (Å²) < 4.78 is 0. The van der Waals surface area contributed by atoms with E-state index >= 15 is 0 Å². The van der Waals surface area contributed by atoms with Gasteiger partial charge in [0.05, 0.1) is 4.92 Å². The molecule has 0 atom stereocenters. The van der Waals surface area contributed by atoms with E-state index in [4.69, 9.17) is 0 Å². The van der Waals surface area contributed by atoms with Crippen molar-refractivity contribution in [2.24, 2.45) is 0 Å². The molecular formula is C10H13N3O3. The van der Waals surface area contributed by atoms with Gasteiger partial charge in [-0.05, 0) is 13.1 Å². The SMILES string of the molecule is CNCCC(=O)Nc1ccccc1[N+](=O)[O-]. The van der Waals surface area contributed by atoms with Crippen LogP contribution in [0.15, 0.2) is 24.3 Å². The van der Waals surface area contributed by atoms with E-state index in [1.54, 1.807) is 19.2 Å². The highest BCUT2D eigenvalue weighted by molar-refractivity contribution is 5.93. The number of amides is 1. The summed E-state index contributed by atoms with van der Waals surface area (Å²) in [6.07, 6.45) is 0.280. The third-order valence-corrected chi connectivity index (χ3v) is 1.98. The summed E-state index contributed by atoms with van der Waals surface area (Å²) in [6, 6.07) is 6.06. The molecule has 0 unspecified atom stereocenters. The average molecular weight is 223 g/mol. The number of hydrogen-bond donors (Lipinski definition) is 2. The minimum absolute atomic E-state index is 0.0969. The molecule has 0 fully saturated rings. The van der Waals surface area contributed by atoms with E-state index in [0.29, 0.717) is 6.54 Å². The van der Waals surface area contributed by atoms with E-state index in [-0.39, 0.29) is 23.7 Å². The zero-order valence-corrected chi connectivity index (χ0v) is 8.90. The summed E-state index contributed by atoms with van der Waals surface area (Å²) >= 11 is 0. The molecule has 0 radical (unpaired) electrons.